The van der Waals surface area contributed by atoms with Crippen molar-refractivity contribution >= 4 is 11.5 Å². The molecule has 1 N–H and O–H groups in total. The zero-order chi connectivity index (χ0) is 18.8. The van der Waals surface area contributed by atoms with E-state index < -0.39 is 5.97 Å². The normalized spacial score (nSPS) is 12.7. The molecule has 25 heavy (non-hydrogen) atoms. The molecule has 0 atom stereocenters. The minimum atomic E-state index is -1.01. The van der Waals surface area contributed by atoms with Gasteiger partial charge in [-0.25, -0.2) is 9.18 Å². The van der Waals surface area contributed by atoms with Gasteiger partial charge in [-0.15, -0.1) is 0 Å². The van der Waals surface area contributed by atoms with E-state index in [0.717, 1.165) is 16.7 Å². The predicted molar refractivity (Wildman–Crippen MR) is 101 cm³/mol. The van der Waals surface area contributed by atoms with E-state index in [2.05, 4.69) is 13.2 Å². The molecule has 132 valence electrons. The molecule has 3 nitrogen and oxygen atoms in total. The van der Waals surface area contributed by atoms with Crippen LogP contribution in [0.3, 0.4) is 0 Å². The average molecular weight is 341 g/mol. The molecule has 0 aliphatic rings. The Morgan fingerprint density at radius 1 is 1.28 bits per heavy atom. The fraction of sp³-hybridized carbons (Fsp3) is 0.190. The van der Waals surface area contributed by atoms with Crippen LogP contribution in [0.25, 0.3) is 5.57 Å². The van der Waals surface area contributed by atoms with Crippen LogP contribution < -0.4 is 0 Å². The van der Waals surface area contributed by atoms with Crippen LogP contribution in [-0.4, -0.2) is 22.5 Å². The van der Waals surface area contributed by atoms with Crippen LogP contribution >= 0.6 is 0 Å². The van der Waals surface area contributed by atoms with E-state index in [9.17, 15) is 14.3 Å². The van der Waals surface area contributed by atoms with Crippen LogP contribution in [0.4, 0.5) is 4.39 Å². The number of allylic oxidation sites excluding steroid dienone is 4. The molecule has 1 aromatic carbocycles. The first-order chi connectivity index (χ1) is 12.0. The Balaban J connectivity index is 3.38. The lowest BCUT2D eigenvalue weighted by atomic mass is 9.98. The number of carboxylic acids is 1. The highest BCUT2D eigenvalue weighted by atomic mass is 19.1. The number of hydrogen-bond acceptors (Lipinski definition) is 2. The van der Waals surface area contributed by atoms with Crippen molar-refractivity contribution in [1.29, 1.82) is 0 Å². The van der Waals surface area contributed by atoms with Crippen molar-refractivity contribution in [1.82, 2.24) is 4.90 Å². The summed E-state index contributed by atoms with van der Waals surface area (Å²) in [5, 5.41) is 9.43. The van der Waals surface area contributed by atoms with Crippen LogP contribution in [0.1, 0.15) is 25.8 Å². The number of benzene rings is 1. The van der Waals surface area contributed by atoms with Crippen molar-refractivity contribution in [2.75, 3.05) is 6.54 Å². The molecule has 0 heterocycles. The molecule has 4 heteroatoms. The van der Waals surface area contributed by atoms with Crippen LogP contribution in [-0.2, 0) is 4.79 Å². The largest absolute Gasteiger partial charge is 0.477 e. The standard InChI is InChI=1S/C21H24FNO2/c1-5-9-19(17-11-13-18(22)14-12-17)16(7-3)15-23(8-4)20(10-6-2)21(24)25/h5,7-14H,3-4,6,15H2,1-2H3,(H,24,25)/b9-5-,19-16-,20-10-. The van der Waals surface area contributed by atoms with Crippen molar-refractivity contribution in [3.8, 4) is 0 Å². The molecule has 0 fully saturated rings. The summed E-state index contributed by atoms with van der Waals surface area (Å²) >= 11 is 0. The van der Waals surface area contributed by atoms with Crippen LogP contribution in [0.15, 0.2) is 79.2 Å². The SMILES string of the molecule is C=C/C(CN(C=C)/C(=C\CC)C(=O)O)=C(\C=C/C)c1ccc(F)cc1. The third-order valence-electron chi connectivity index (χ3n) is 3.57. The first-order valence-corrected chi connectivity index (χ1v) is 8.05. The van der Waals surface area contributed by atoms with Gasteiger partial charge in [0.1, 0.15) is 11.5 Å². The second kappa shape index (κ2) is 10.1. The Kier molecular flexibility index (Phi) is 8.13. The van der Waals surface area contributed by atoms with Gasteiger partial charge in [0.25, 0.3) is 0 Å². The monoisotopic (exact) mass is 341 g/mol. The maximum atomic E-state index is 13.2. The van der Waals surface area contributed by atoms with E-state index >= 15 is 0 Å². The van der Waals surface area contributed by atoms with Gasteiger partial charge in [0.2, 0.25) is 0 Å². The number of aliphatic carboxylic acids is 1. The van der Waals surface area contributed by atoms with Gasteiger partial charge in [-0.2, -0.15) is 0 Å². The van der Waals surface area contributed by atoms with Gasteiger partial charge in [0.15, 0.2) is 0 Å². The summed E-state index contributed by atoms with van der Waals surface area (Å²) in [6, 6.07) is 6.16. The second-order valence-corrected chi connectivity index (χ2v) is 5.26. The van der Waals surface area contributed by atoms with Crippen molar-refractivity contribution in [2.24, 2.45) is 0 Å². The second-order valence-electron chi connectivity index (χ2n) is 5.26. The first kappa shape index (κ1) is 20.2. The summed E-state index contributed by atoms with van der Waals surface area (Å²) in [6.45, 7) is 11.6. The molecule has 1 aromatic rings. The van der Waals surface area contributed by atoms with Crippen LogP contribution in [0, 0.1) is 5.82 Å². The highest BCUT2D eigenvalue weighted by Crippen LogP contribution is 2.24. The minimum absolute atomic E-state index is 0.163. The van der Waals surface area contributed by atoms with E-state index in [1.54, 1.807) is 29.2 Å². The van der Waals surface area contributed by atoms with Crippen molar-refractivity contribution in [3.63, 3.8) is 0 Å². The number of nitrogens with zero attached hydrogens (tertiary/aromatic N) is 1. The Hall–Kier alpha value is -2.88. The number of carboxylic acid groups (broad SMARTS) is 1. The predicted octanol–water partition coefficient (Wildman–Crippen LogP) is 5.17. The van der Waals surface area contributed by atoms with E-state index in [0.29, 0.717) is 13.0 Å². The van der Waals surface area contributed by atoms with Crippen LogP contribution in [0.2, 0.25) is 0 Å². The summed E-state index contributed by atoms with van der Waals surface area (Å²) in [5.41, 5.74) is 2.66. The Labute approximate surface area is 148 Å². The van der Waals surface area contributed by atoms with E-state index in [-0.39, 0.29) is 11.5 Å². The van der Waals surface area contributed by atoms with E-state index in [1.807, 2.05) is 26.0 Å². The van der Waals surface area contributed by atoms with E-state index in [4.69, 9.17) is 0 Å². The molecule has 0 radical (unpaired) electrons. The number of halogens is 1. The van der Waals surface area contributed by atoms with Gasteiger partial charge >= 0.3 is 5.97 Å². The maximum absolute atomic E-state index is 13.2. The Morgan fingerprint density at radius 2 is 1.92 bits per heavy atom. The molecule has 0 aromatic heterocycles. The molecule has 0 spiro atoms. The first-order valence-electron chi connectivity index (χ1n) is 8.05. The molecule has 0 unspecified atom stereocenters. The van der Waals surface area contributed by atoms with Gasteiger partial charge in [0.05, 0.1) is 0 Å². The summed E-state index contributed by atoms with van der Waals surface area (Å²) < 4.78 is 13.2. The third-order valence-corrected chi connectivity index (χ3v) is 3.57. The smallest absolute Gasteiger partial charge is 0.352 e. The van der Waals surface area contributed by atoms with Crippen molar-refractivity contribution in [3.05, 3.63) is 90.6 Å². The molecule has 0 aliphatic heterocycles. The number of hydrogen-bond donors (Lipinski definition) is 1. The topological polar surface area (TPSA) is 40.5 Å². The van der Waals surface area contributed by atoms with Crippen molar-refractivity contribution < 1.29 is 14.3 Å². The van der Waals surface area contributed by atoms with E-state index in [1.165, 1.54) is 18.3 Å². The molecule has 0 aliphatic carbocycles. The van der Waals surface area contributed by atoms with Crippen molar-refractivity contribution in [2.45, 2.75) is 20.3 Å². The highest BCUT2D eigenvalue weighted by Gasteiger charge is 2.16. The fourth-order valence-corrected chi connectivity index (χ4v) is 2.40. The number of carbonyl (C=O) groups is 1. The maximum Gasteiger partial charge on any atom is 0.352 e. The van der Waals surface area contributed by atoms with Gasteiger partial charge in [-0.1, -0.05) is 56.5 Å². The van der Waals surface area contributed by atoms with Gasteiger partial charge in [-0.3, -0.25) is 0 Å². The molecular formula is C21H24FNO2. The van der Waals surface area contributed by atoms with Gasteiger partial charge in [0, 0.05) is 6.54 Å². The highest BCUT2D eigenvalue weighted by molar-refractivity contribution is 5.86. The summed E-state index contributed by atoms with van der Waals surface area (Å²) in [4.78, 5) is 13.1. The Morgan fingerprint density at radius 3 is 2.36 bits per heavy atom. The quantitative estimate of drug-likeness (QED) is 0.498. The zero-order valence-corrected chi connectivity index (χ0v) is 14.7. The fourth-order valence-electron chi connectivity index (χ4n) is 2.40. The van der Waals surface area contributed by atoms with Gasteiger partial charge < -0.3 is 10.0 Å². The van der Waals surface area contributed by atoms with Crippen LogP contribution in [0.5, 0.6) is 0 Å². The molecule has 0 amide bonds. The lowest BCUT2D eigenvalue weighted by molar-refractivity contribution is -0.134. The summed E-state index contributed by atoms with van der Waals surface area (Å²) in [5.74, 6) is -1.32. The zero-order valence-electron chi connectivity index (χ0n) is 14.7. The summed E-state index contributed by atoms with van der Waals surface area (Å²) in [7, 11) is 0. The lowest BCUT2D eigenvalue weighted by Gasteiger charge is -2.22. The Bertz CT molecular complexity index is 712. The third kappa shape index (κ3) is 5.60. The summed E-state index contributed by atoms with van der Waals surface area (Å²) in [6.07, 6.45) is 9.17. The molecule has 0 bridgehead atoms. The van der Waals surface area contributed by atoms with Gasteiger partial charge in [-0.05, 0) is 48.4 Å². The molecule has 1 rings (SSSR count). The molecule has 0 saturated heterocycles. The average Bonchev–Trinajstić information content (AvgIpc) is 2.60. The molecular weight excluding hydrogens is 317 g/mol. The molecule has 0 saturated carbocycles. The number of rotatable bonds is 9. The lowest BCUT2D eigenvalue weighted by Crippen LogP contribution is -2.24. The minimum Gasteiger partial charge on any atom is -0.477 e.